The molecule has 138 valence electrons. The van der Waals surface area contributed by atoms with Gasteiger partial charge in [0, 0.05) is 50.2 Å². The van der Waals surface area contributed by atoms with Crippen molar-refractivity contribution < 1.29 is 9.72 Å². The molecule has 0 radical (unpaired) electrons. The molecule has 10 nitrogen and oxygen atoms in total. The molecule has 0 saturated carbocycles. The highest BCUT2D eigenvalue weighted by molar-refractivity contribution is 6.08. The van der Waals surface area contributed by atoms with Gasteiger partial charge in [-0.2, -0.15) is 0 Å². The van der Waals surface area contributed by atoms with E-state index in [1.54, 1.807) is 50.3 Å². The van der Waals surface area contributed by atoms with Crippen molar-refractivity contribution in [3.63, 3.8) is 0 Å². The van der Waals surface area contributed by atoms with E-state index in [9.17, 15) is 14.9 Å². The lowest BCUT2D eigenvalue weighted by atomic mass is 10.1. The number of nitro groups is 1. The fraction of sp³-hybridized carbons (Fsp3) is 0.176. The van der Waals surface area contributed by atoms with Crippen LogP contribution in [0.2, 0.25) is 0 Å². The van der Waals surface area contributed by atoms with Crippen LogP contribution >= 0.6 is 0 Å². The van der Waals surface area contributed by atoms with Gasteiger partial charge in [-0.3, -0.25) is 14.9 Å². The van der Waals surface area contributed by atoms with Crippen molar-refractivity contribution in [2.45, 2.75) is 0 Å². The molecule has 0 spiro atoms. The van der Waals surface area contributed by atoms with Gasteiger partial charge in [-0.05, 0) is 28.6 Å². The first-order valence-corrected chi connectivity index (χ1v) is 7.96. The van der Waals surface area contributed by atoms with Gasteiger partial charge >= 0.3 is 0 Å². The van der Waals surface area contributed by atoms with Gasteiger partial charge in [0.25, 0.3) is 11.6 Å². The largest absolute Gasteiger partial charge is 0.377 e. The molecule has 1 heterocycles. The fourth-order valence-electron chi connectivity index (χ4n) is 2.62. The zero-order valence-electron chi connectivity index (χ0n) is 14.9. The fourth-order valence-corrected chi connectivity index (χ4v) is 2.62. The number of nitrogens with one attached hydrogen (secondary N) is 1. The highest BCUT2D eigenvalue weighted by Crippen LogP contribution is 2.26. The van der Waals surface area contributed by atoms with Gasteiger partial charge in [0.2, 0.25) is 0 Å². The van der Waals surface area contributed by atoms with E-state index in [0.717, 1.165) is 5.56 Å². The Hall–Kier alpha value is -3.82. The number of carbonyl (C=O) groups excluding carboxylic acids is 1. The molecule has 0 fully saturated rings. The quantitative estimate of drug-likeness (QED) is 0.542. The molecule has 0 unspecified atom stereocenters. The first-order valence-electron chi connectivity index (χ1n) is 7.96. The standard InChI is InChI=1S/C17H17N7O3/c1-22(2)15-8-7-13(24(26)27)10-14(15)17(25)18-12-6-4-5-11(9-12)16-19-20-21-23(16)3/h4-10H,1-3H3,(H,18,25). The highest BCUT2D eigenvalue weighted by atomic mass is 16.6. The van der Waals surface area contributed by atoms with Crippen LogP contribution in [0.25, 0.3) is 11.4 Å². The van der Waals surface area contributed by atoms with Crippen molar-refractivity contribution in [1.82, 2.24) is 20.2 Å². The third kappa shape index (κ3) is 3.73. The maximum Gasteiger partial charge on any atom is 0.270 e. The van der Waals surface area contributed by atoms with Crippen molar-refractivity contribution >= 4 is 23.0 Å². The van der Waals surface area contributed by atoms with Crippen LogP contribution in [-0.2, 0) is 7.05 Å². The summed E-state index contributed by atoms with van der Waals surface area (Å²) in [5.74, 6) is 0.103. The van der Waals surface area contributed by atoms with Crippen LogP contribution in [0.1, 0.15) is 10.4 Å². The molecule has 0 atom stereocenters. The zero-order valence-corrected chi connectivity index (χ0v) is 14.9. The van der Waals surface area contributed by atoms with Gasteiger partial charge in [0.05, 0.1) is 10.5 Å². The van der Waals surface area contributed by atoms with Crippen molar-refractivity contribution in [3.05, 3.63) is 58.1 Å². The number of benzene rings is 2. The maximum atomic E-state index is 12.8. The summed E-state index contributed by atoms with van der Waals surface area (Å²) < 4.78 is 1.52. The summed E-state index contributed by atoms with van der Waals surface area (Å²) in [6, 6.07) is 11.2. The molecular formula is C17H17N7O3. The molecule has 3 aromatic rings. The third-order valence-electron chi connectivity index (χ3n) is 3.92. The summed E-state index contributed by atoms with van der Waals surface area (Å²) in [6.45, 7) is 0. The molecular weight excluding hydrogens is 350 g/mol. The van der Waals surface area contributed by atoms with Gasteiger partial charge in [0.15, 0.2) is 5.82 Å². The Balaban J connectivity index is 1.93. The topological polar surface area (TPSA) is 119 Å². The Kier molecular flexibility index (Phi) is 4.79. The van der Waals surface area contributed by atoms with E-state index in [-0.39, 0.29) is 11.3 Å². The zero-order chi connectivity index (χ0) is 19.6. The highest BCUT2D eigenvalue weighted by Gasteiger charge is 2.18. The molecule has 2 aromatic carbocycles. The van der Waals surface area contributed by atoms with E-state index < -0.39 is 10.8 Å². The Morgan fingerprint density at radius 2 is 2.00 bits per heavy atom. The van der Waals surface area contributed by atoms with Crippen molar-refractivity contribution in [2.75, 3.05) is 24.3 Å². The number of anilines is 2. The minimum Gasteiger partial charge on any atom is -0.377 e. The average Bonchev–Trinajstić information content (AvgIpc) is 3.07. The van der Waals surface area contributed by atoms with Crippen LogP contribution in [0.5, 0.6) is 0 Å². The molecule has 10 heteroatoms. The number of aromatic nitrogens is 4. The summed E-state index contributed by atoms with van der Waals surface area (Å²) in [7, 11) is 5.24. The maximum absolute atomic E-state index is 12.8. The summed E-state index contributed by atoms with van der Waals surface area (Å²) >= 11 is 0. The molecule has 0 aliphatic rings. The van der Waals surface area contributed by atoms with Crippen molar-refractivity contribution in [3.8, 4) is 11.4 Å². The van der Waals surface area contributed by atoms with Crippen LogP contribution in [-0.4, -0.2) is 45.1 Å². The SMILES string of the molecule is CN(C)c1ccc([N+](=O)[O-])cc1C(=O)Nc1cccc(-c2nnnn2C)c1. The van der Waals surface area contributed by atoms with Crippen LogP contribution in [0.4, 0.5) is 17.1 Å². The number of amides is 1. The second-order valence-electron chi connectivity index (χ2n) is 6.01. The first kappa shape index (κ1) is 18.0. The number of nitrogens with zero attached hydrogens (tertiary/aromatic N) is 6. The summed E-state index contributed by atoms with van der Waals surface area (Å²) in [5.41, 5.74) is 1.89. The van der Waals surface area contributed by atoms with E-state index in [2.05, 4.69) is 20.8 Å². The normalized spacial score (nSPS) is 10.5. The monoisotopic (exact) mass is 367 g/mol. The van der Waals surface area contributed by atoms with E-state index in [0.29, 0.717) is 17.2 Å². The van der Waals surface area contributed by atoms with Gasteiger partial charge in [0.1, 0.15) is 0 Å². The minimum absolute atomic E-state index is 0.148. The number of hydrogen-bond acceptors (Lipinski definition) is 7. The smallest absolute Gasteiger partial charge is 0.270 e. The van der Waals surface area contributed by atoms with E-state index in [4.69, 9.17) is 0 Å². The van der Waals surface area contributed by atoms with Gasteiger partial charge in [-0.15, -0.1) is 5.10 Å². The number of tetrazole rings is 1. The Morgan fingerprint density at radius 3 is 2.63 bits per heavy atom. The Bertz CT molecular complexity index is 1010. The summed E-state index contributed by atoms with van der Waals surface area (Å²) in [6.07, 6.45) is 0. The molecule has 1 amide bonds. The Labute approximate surface area is 154 Å². The lowest BCUT2D eigenvalue weighted by Gasteiger charge is -2.17. The number of hydrogen-bond donors (Lipinski definition) is 1. The predicted molar refractivity (Wildman–Crippen MR) is 99.6 cm³/mol. The van der Waals surface area contributed by atoms with Gasteiger partial charge < -0.3 is 10.2 Å². The van der Waals surface area contributed by atoms with E-state index in [1.807, 2.05) is 6.07 Å². The lowest BCUT2D eigenvalue weighted by Crippen LogP contribution is -2.18. The minimum atomic E-state index is -0.530. The number of non-ortho nitro benzene ring substituents is 1. The average molecular weight is 367 g/mol. The van der Waals surface area contributed by atoms with Crippen molar-refractivity contribution in [1.29, 1.82) is 0 Å². The van der Waals surface area contributed by atoms with Crippen LogP contribution in [0.15, 0.2) is 42.5 Å². The van der Waals surface area contributed by atoms with Crippen LogP contribution < -0.4 is 10.2 Å². The molecule has 0 aliphatic carbocycles. The Morgan fingerprint density at radius 1 is 1.22 bits per heavy atom. The number of aryl methyl sites for hydroxylation is 1. The third-order valence-corrected chi connectivity index (χ3v) is 3.92. The molecule has 0 bridgehead atoms. The summed E-state index contributed by atoms with van der Waals surface area (Å²) in [5, 5.41) is 25.2. The first-order chi connectivity index (χ1) is 12.9. The number of nitro benzene ring substituents is 1. The molecule has 1 aromatic heterocycles. The van der Waals surface area contributed by atoms with Crippen LogP contribution in [0, 0.1) is 10.1 Å². The van der Waals surface area contributed by atoms with Crippen LogP contribution in [0.3, 0.4) is 0 Å². The van der Waals surface area contributed by atoms with Gasteiger partial charge in [-0.1, -0.05) is 12.1 Å². The predicted octanol–water partition coefficient (Wildman–Crippen LogP) is 2.10. The molecule has 0 saturated heterocycles. The van der Waals surface area contributed by atoms with Gasteiger partial charge in [-0.25, -0.2) is 4.68 Å². The molecule has 27 heavy (non-hydrogen) atoms. The summed E-state index contributed by atoms with van der Waals surface area (Å²) in [4.78, 5) is 25.0. The number of carbonyl (C=O) groups is 1. The second-order valence-corrected chi connectivity index (χ2v) is 6.01. The van der Waals surface area contributed by atoms with E-state index in [1.165, 1.54) is 16.8 Å². The molecule has 3 rings (SSSR count). The van der Waals surface area contributed by atoms with E-state index >= 15 is 0 Å². The van der Waals surface area contributed by atoms with Crippen molar-refractivity contribution in [2.24, 2.45) is 7.05 Å². The lowest BCUT2D eigenvalue weighted by molar-refractivity contribution is -0.384. The molecule has 1 N–H and O–H groups in total. The molecule has 0 aliphatic heterocycles. The second kappa shape index (κ2) is 7.20. The number of rotatable bonds is 5.